The van der Waals surface area contributed by atoms with Crippen LogP contribution >= 0.6 is 0 Å². The molecule has 0 aliphatic heterocycles. The van der Waals surface area contributed by atoms with Crippen molar-refractivity contribution in [1.82, 2.24) is 0 Å². The molecule has 0 heterocycles. The van der Waals surface area contributed by atoms with Gasteiger partial charge in [-0.25, -0.2) is 8.42 Å². The Bertz CT molecular complexity index is 567. The molecule has 0 fully saturated rings. The van der Waals surface area contributed by atoms with Gasteiger partial charge in [0, 0.05) is 0 Å². The Morgan fingerprint density at radius 2 is 1.22 bits per heavy atom. The molecular formula is C12H9KO4S. The number of rotatable bonds is 2. The van der Waals surface area contributed by atoms with Crippen LogP contribution in [0.25, 0.3) is 0 Å². The number of hydrogen-bond acceptors (Lipinski definition) is 4. The van der Waals surface area contributed by atoms with Crippen LogP contribution in [0.15, 0.2) is 58.3 Å². The molecule has 0 unspecified atom stereocenters. The summed E-state index contributed by atoms with van der Waals surface area (Å²) in [5, 5.41) is 20.0. The third-order valence-electron chi connectivity index (χ3n) is 2.28. The minimum absolute atomic E-state index is 0. The largest absolute Gasteiger partial charge is 1.00 e. The SMILES string of the molecule is O=S(=O)(c1ccc([O-])cc1)c1ccc(O)cc1.[K+]. The number of benzene rings is 2. The van der Waals surface area contributed by atoms with Crippen molar-refractivity contribution in [2.75, 3.05) is 0 Å². The van der Waals surface area contributed by atoms with Crippen molar-refractivity contribution < 1.29 is 70.0 Å². The minimum atomic E-state index is -3.62. The van der Waals surface area contributed by atoms with Crippen LogP contribution in [0.4, 0.5) is 0 Å². The molecule has 0 spiro atoms. The summed E-state index contributed by atoms with van der Waals surface area (Å²) in [6.07, 6.45) is 0. The molecule has 2 rings (SSSR count). The van der Waals surface area contributed by atoms with Gasteiger partial charge in [0.15, 0.2) is 0 Å². The van der Waals surface area contributed by atoms with E-state index in [4.69, 9.17) is 5.11 Å². The van der Waals surface area contributed by atoms with E-state index in [0.717, 1.165) is 0 Å². The number of hydrogen-bond donors (Lipinski definition) is 1. The molecule has 4 nitrogen and oxygen atoms in total. The van der Waals surface area contributed by atoms with Crippen LogP contribution in [0.3, 0.4) is 0 Å². The first-order chi connectivity index (χ1) is 8.00. The molecule has 0 bridgehead atoms. The first-order valence-electron chi connectivity index (χ1n) is 4.81. The van der Waals surface area contributed by atoms with Gasteiger partial charge >= 0.3 is 51.4 Å². The van der Waals surface area contributed by atoms with Crippen molar-refractivity contribution in [3.8, 4) is 11.5 Å². The second-order valence-corrected chi connectivity index (χ2v) is 5.42. The van der Waals surface area contributed by atoms with E-state index < -0.39 is 9.84 Å². The van der Waals surface area contributed by atoms with Crippen LogP contribution in [-0.2, 0) is 9.84 Å². The molecule has 0 radical (unpaired) electrons. The van der Waals surface area contributed by atoms with Crippen LogP contribution in [0.1, 0.15) is 0 Å². The summed E-state index contributed by atoms with van der Waals surface area (Å²) < 4.78 is 24.1. The maximum absolute atomic E-state index is 12.1. The monoisotopic (exact) mass is 288 g/mol. The van der Waals surface area contributed by atoms with Crippen molar-refractivity contribution in [3.05, 3.63) is 48.5 Å². The summed E-state index contributed by atoms with van der Waals surface area (Å²) in [5.74, 6) is -0.242. The predicted octanol–water partition coefficient (Wildman–Crippen LogP) is -1.70. The Morgan fingerprint density at radius 3 is 1.67 bits per heavy atom. The van der Waals surface area contributed by atoms with Crippen molar-refractivity contribution >= 4 is 9.84 Å². The first-order valence-corrected chi connectivity index (χ1v) is 6.30. The van der Waals surface area contributed by atoms with E-state index in [1.54, 1.807) is 0 Å². The Hall–Kier alpha value is -0.374. The molecule has 0 atom stereocenters. The fourth-order valence-electron chi connectivity index (χ4n) is 1.38. The zero-order chi connectivity index (χ0) is 12.5. The normalized spacial score (nSPS) is 10.7. The van der Waals surface area contributed by atoms with E-state index in [1.807, 2.05) is 0 Å². The van der Waals surface area contributed by atoms with Gasteiger partial charge in [-0.2, -0.15) is 0 Å². The van der Waals surface area contributed by atoms with Gasteiger partial charge in [-0.3, -0.25) is 0 Å². The molecule has 2 aromatic carbocycles. The molecule has 2 aromatic rings. The molecule has 6 heteroatoms. The average molecular weight is 288 g/mol. The fraction of sp³-hybridized carbons (Fsp3) is 0. The predicted molar refractivity (Wildman–Crippen MR) is 59.4 cm³/mol. The van der Waals surface area contributed by atoms with Gasteiger partial charge in [-0.15, -0.1) is 5.75 Å². The Labute approximate surface area is 148 Å². The van der Waals surface area contributed by atoms with Gasteiger partial charge in [-0.05, 0) is 36.4 Å². The molecular weight excluding hydrogens is 279 g/mol. The molecule has 1 N–H and O–H groups in total. The summed E-state index contributed by atoms with van der Waals surface area (Å²) in [7, 11) is -3.62. The average Bonchev–Trinajstić information content (AvgIpc) is 2.30. The summed E-state index contributed by atoms with van der Waals surface area (Å²) in [5.41, 5.74) is 0. The van der Waals surface area contributed by atoms with E-state index >= 15 is 0 Å². The first kappa shape index (κ1) is 15.7. The molecule has 88 valence electrons. The Balaban J connectivity index is 0.00000162. The van der Waals surface area contributed by atoms with E-state index in [2.05, 4.69) is 0 Å². The third-order valence-corrected chi connectivity index (χ3v) is 4.07. The Kier molecular flexibility index (Phi) is 5.39. The maximum Gasteiger partial charge on any atom is 1.00 e. The summed E-state index contributed by atoms with van der Waals surface area (Å²) >= 11 is 0. The van der Waals surface area contributed by atoms with Crippen LogP contribution in [0.5, 0.6) is 11.5 Å². The second kappa shape index (κ2) is 6.18. The topological polar surface area (TPSA) is 77.4 Å². The third kappa shape index (κ3) is 3.34. The van der Waals surface area contributed by atoms with E-state index in [9.17, 15) is 13.5 Å². The number of sulfone groups is 1. The molecule has 0 saturated carbocycles. The summed E-state index contributed by atoms with van der Waals surface area (Å²) in [4.78, 5) is 0.136. The fourth-order valence-corrected chi connectivity index (χ4v) is 2.64. The van der Waals surface area contributed by atoms with Crippen molar-refractivity contribution in [2.24, 2.45) is 0 Å². The zero-order valence-corrected chi connectivity index (χ0v) is 13.6. The number of aromatic hydroxyl groups is 1. The van der Waals surface area contributed by atoms with Gasteiger partial charge in [0.2, 0.25) is 9.84 Å². The zero-order valence-electron chi connectivity index (χ0n) is 9.70. The van der Waals surface area contributed by atoms with Crippen LogP contribution < -0.4 is 56.5 Å². The van der Waals surface area contributed by atoms with Crippen molar-refractivity contribution in [2.45, 2.75) is 9.79 Å². The molecule has 0 saturated heterocycles. The molecule has 0 aromatic heterocycles. The van der Waals surface area contributed by atoms with Gasteiger partial charge in [0.05, 0.1) is 9.79 Å². The van der Waals surface area contributed by atoms with Gasteiger partial charge in [0.1, 0.15) is 5.75 Å². The second-order valence-electron chi connectivity index (χ2n) is 3.47. The standard InChI is InChI=1S/C12H10O4S.K/c13-9-1-5-11(6-2-9)17(15,16)12-7-3-10(14)4-8-12;/h1-8,13-14H;/q;+1/p-1. The maximum atomic E-state index is 12.1. The summed E-state index contributed by atoms with van der Waals surface area (Å²) in [6.45, 7) is 0. The van der Waals surface area contributed by atoms with Crippen molar-refractivity contribution in [3.63, 3.8) is 0 Å². The molecule has 0 aliphatic rings. The van der Waals surface area contributed by atoms with E-state index in [1.165, 1.54) is 48.5 Å². The van der Waals surface area contributed by atoms with Crippen LogP contribution in [-0.4, -0.2) is 13.5 Å². The minimum Gasteiger partial charge on any atom is -0.872 e. The number of phenolic OH excluding ortho intramolecular Hbond substituents is 1. The van der Waals surface area contributed by atoms with E-state index in [0.29, 0.717) is 0 Å². The van der Waals surface area contributed by atoms with Gasteiger partial charge in [-0.1, -0.05) is 12.1 Å². The quantitative estimate of drug-likeness (QED) is 0.669. The molecule has 0 aliphatic carbocycles. The molecule has 18 heavy (non-hydrogen) atoms. The van der Waals surface area contributed by atoms with Crippen molar-refractivity contribution in [1.29, 1.82) is 0 Å². The van der Waals surface area contributed by atoms with Crippen LogP contribution in [0, 0.1) is 0 Å². The summed E-state index contributed by atoms with van der Waals surface area (Å²) in [6, 6.07) is 10.2. The van der Waals surface area contributed by atoms with Gasteiger partial charge < -0.3 is 10.2 Å². The van der Waals surface area contributed by atoms with Gasteiger partial charge in [0.25, 0.3) is 0 Å². The number of phenols is 1. The smallest absolute Gasteiger partial charge is 0.872 e. The molecule has 0 amide bonds. The Morgan fingerprint density at radius 1 is 0.833 bits per heavy atom. The van der Waals surface area contributed by atoms with Crippen LogP contribution in [0.2, 0.25) is 0 Å². The van der Waals surface area contributed by atoms with E-state index in [-0.39, 0.29) is 72.7 Å².